The highest BCUT2D eigenvalue weighted by Crippen LogP contribution is 2.22. The molecule has 78 heavy (non-hydrogen) atoms. The van der Waals surface area contributed by atoms with Crippen molar-refractivity contribution in [1.82, 2.24) is 9.80 Å². The van der Waals surface area contributed by atoms with Gasteiger partial charge < -0.3 is 5.11 Å². The standard InChI is InChI=1S/C70H134N2O6/c1-5-9-13-17-21-25-29-33-37-41-45-49-53-60-66(73)71(67(74)61-54-50-46-42-38-34-30-26-22-18-14-10-6-2)64-58-57-59-65(70(77)78)72(68(75)62-55-51-47-43-39-35-31-27-23-19-15-11-7-3)69(76)63-56-52-48-44-40-36-32-28-24-20-16-12-8-4/h65H,5-64H2,1-4H3,(H,77,78)/t65-/m0/s1. The van der Waals surface area contributed by atoms with Crippen molar-refractivity contribution in [3.8, 4) is 0 Å². The monoisotopic (exact) mass is 1100 g/mol. The van der Waals surface area contributed by atoms with E-state index in [-0.39, 0.29) is 49.4 Å². The van der Waals surface area contributed by atoms with Gasteiger partial charge in [0.05, 0.1) is 0 Å². The minimum absolute atomic E-state index is 0.116. The average molecular weight is 1100 g/mol. The van der Waals surface area contributed by atoms with Gasteiger partial charge in [-0.15, -0.1) is 0 Å². The molecule has 0 aromatic carbocycles. The Morgan fingerprint density at radius 1 is 0.256 bits per heavy atom. The Morgan fingerprint density at radius 2 is 0.449 bits per heavy atom. The number of nitrogens with zero attached hydrogens (tertiary/aromatic N) is 2. The van der Waals surface area contributed by atoms with Crippen LogP contribution in [0.3, 0.4) is 0 Å². The van der Waals surface area contributed by atoms with Crippen molar-refractivity contribution >= 4 is 29.6 Å². The molecule has 0 aliphatic carbocycles. The van der Waals surface area contributed by atoms with Crippen LogP contribution in [0.4, 0.5) is 0 Å². The maximum atomic E-state index is 14.0. The molecule has 8 nitrogen and oxygen atoms in total. The van der Waals surface area contributed by atoms with Crippen molar-refractivity contribution in [2.24, 2.45) is 0 Å². The molecule has 0 rings (SSSR count). The van der Waals surface area contributed by atoms with Gasteiger partial charge in [0.1, 0.15) is 6.04 Å². The number of hydrogen-bond acceptors (Lipinski definition) is 5. The summed E-state index contributed by atoms with van der Waals surface area (Å²) in [6.07, 6.45) is 65.0. The van der Waals surface area contributed by atoms with Crippen molar-refractivity contribution < 1.29 is 29.1 Å². The number of rotatable bonds is 63. The van der Waals surface area contributed by atoms with Crippen LogP contribution in [0.5, 0.6) is 0 Å². The summed E-state index contributed by atoms with van der Waals surface area (Å²) in [5, 5.41) is 10.6. The Bertz CT molecular complexity index is 1250. The zero-order chi connectivity index (χ0) is 57.0. The molecule has 0 aromatic rings. The Morgan fingerprint density at radius 3 is 0.654 bits per heavy atom. The van der Waals surface area contributed by atoms with Gasteiger partial charge in [-0.25, -0.2) is 4.79 Å². The first-order valence-electron chi connectivity index (χ1n) is 35.2. The van der Waals surface area contributed by atoms with Crippen LogP contribution in [0.2, 0.25) is 0 Å². The Hall–Kier alpha value is -2.25. The average Bonchev–Trinajstić information content (AvgIpc) is 3.43. The summed E-state index contributed by atoms with van der Waals surface area (Å²) < 4.78 is 0. The van der Waals surface area contributed by atoms with Crippen LogP contribution in [-0.2, 0) is 24.0 Å². The van der Waals surface area contributed by atoms with E-state index in [1.165, 1.54) is 249 Å². The SMILES string of the molecule is CCCCCCCCCCCCCCCC(=O)N(CCCC[C@@H](C(=O)O)N(C(=O)CCCCCCCCCCCCCCC)C(=O)CCCCCCCCCCCCCCC)C(=O)CCCCCCCCCCCCCCC. The van der Waals surface area contributed by atoms with Gasteiger partial charge in [0, 0.05) is 32.2 Å². The van der Waals surface area contributed by atoms with Crippen LogP contribution in [0.1, 0.15) is 407 Å². The van der Waals surface area contributed by atoms with Crippen molar-refractivity contribution in [1.29, 1.82) is 0 Å². The van der Waals surface area contributed by atoms with Gasteiger partial charge in [-0.05, 0) is 44.9 Å². The predicted octanol–water partition coefficient (Wildman–Crippen LogP) is 22.2. The first-order chi connectivity index (χ1) is 38.2. The van der Waals surface area contributed by atoms with Crippen LogP contribution in [-0.4, -0.2) is 57.1 Å². The molecule has 0 aliphatic rings. The third-order valence-electron chi connectivity index (χ3n) is 16.8. The third kappa shape index (κ3) is 49.6. The van der Waals surface area contributed by atoms with E-state index in [2.05, 4.69) is 27.7 Å². The summed E-state index contributed by atoms with van der Waals surface area (Å²) in [6, 6.07) is -1.25. The van der Waals surface area contributed by atoms with E-state index in [1.807, 2.05) is 0 Å². The summed E-state index contributed by atoms with van der Waals surface area (Å²) >= 11 is 0. The van der Waals surface area contributed by atoms with Gasteiger partial charge in [-0.2, -0.15) is 0 Å². The first-order valence-corrected chi connectivity index (χ1v) is 35.2. The molecule has 4 amide bonds. The van der Waals surface area contributed by atoms with Crippen LogP contribution >= 0.6 is 0 Å². The molecule has 0 saturated carbocycles. The number of hydrogen-bond donors (Lipinski definition) is 1. The van der Waals surface area contributed by atoms with Crippen LogP contribution in [0.15, 0.2) is 0 Å². The molecule has 1 atom stereocenters. The number of unbranched alkanes of at least 4 members (excludes halogenated alkanes) is 49. The van der Waals surface area contributed by atoms with Gasteiger partial charge in [-0.1, -0.05) is 336 Å². The van der Waals surface area contributed by atoms with Crippen LogP contribution in [0.25, 0.3) is 0 Å². The molecule has 0 saturated heterocycles. The highest BCUT2D eigenvalue weighted by molar-refractivity contribution is 5.99. The fourth-order valence-corrected chi connectivity index (χ4v) is 11.5. The molecule has 0 radical (unpaired) electrons. The van der Waals surface area contributed by atoms with Gasteiger partial charge in [0.25, 0.3) is 0 Å². The molecule has 0 unspecified atom stereocenters. The smallest absolute Gasteiger partial charge is 0.326 e. The number of imide groups is 2. The fraction of sp³-hybridized carbons (Fsp3) is 0.929. The Kier molecular flexibility index (Phi) is 59.1. The molecule has 460 valence electrons. The maximum absolute atomic E-state index is 14.0. The van der Waals surface area contributed by atoms with Crippen molar-refractivity contribution in [2.45, 2.75) is 413 Å². The highest BCUT2D eigenvalue weighted by Gasteiger charge is 2.34. The van der Waals surface area contributed by atoms with Gasteiger partial charge >= 0.3 is 5.97 Å². The van der Waals surface area contributed by atoms with Crippen LogP contribution in [0, 0.1) is 0 Å². The lowest BCUT2D eigenvalue weighted by Crippen LogP contribution is -2.48. The minimum Gasteiger partial charge on any atom is -0.480 e. The topological polar surface area (TPSA) is 112 Å². The summed E-state index contributed by atoms with van der Waals surface area (Å²) in [6.45, 7) is 9.30. The summed E-state index contributed by atoms with van der Waals surface area (Å²) in [7, 11) is 0. The number of carbonyl (C=O) groups is 5. The third-order valence-corrected chi connectivity index (χ3v) is 16.8. The van der Waals surface area contributed by atoms with Gasteiger partial charge in [0.2, 0.25) is 23.6 Å². The van der Waals surface area contributed by atoms with E-state index in [1.54, 1.807) is 0 Å². The van der Waals surface area contributed by atoms with Crippen molar-refractivity contribution in [3.05, 3.63) is 0 Å². The molecule has 0 bridgehead atoms. The highest BCUT2D eigenvalue weighted by atomic mass is 16.4. The fourth-order valence-electron chi connectivity index (χ4n) is 11.5. The van der Waals surface area contributed by atoms with Crippen LogP contribution < -0.4 is 0 Å². The number of amides is 4. The lowest BCUT2D eigenvalue weighted by atomic mass is 10.0. The van der Waals surface area contributed by atoms with E-state index >= 15 is 0 Å². The summed E-state index contributed by atoms with van der Waals surface area (Å²) in [5.41, 5.74) is 0. The summed E-state index contributed by atoms with van der Waals surface area (Å²) in [4.78, 5) is 71.1. The van der Waals surface area contributed by atoms with E-state index < -0.39 is 12.0 Å². The number of carboxylic acid groups (broad SMARTS) is 1. The van der Waals surface area contributed by atoms with Crippen molar-refractivity contribution in [3.63, 3.8) is 0 Å². The van der Waals surface area contributed by atoms with Gasteiger partial charge in [-0.3, -0.25) is 29.0 Å². The Balaban J connectivity index is 5.45. The molecule has 0 heterocycles. The van der Waals surface area contributed by atoms with E-state index in [0.717, 1.165) is 81.9 Å². The molecule has 0 aliphatic heterocycles. The first kappa shape index (κ1) is 75.8. The van der Waals surface area contributed by atoms with Crippen molar-refractivity contribution in [2.75, 3.05) is 6.54 Å². The van der Waals surface area contributed by atoms with E-state index in [9.17, 15) is 29.1 Å². The lowest BCUT2D eigenvalue weighted by Gasteiger charge is -2.28. The van der Waals surface area contributed by atoms with E-state index in [4.69, 9.17) is 0 Å². The minimum atomic E-state index is -1.25. The van der Waals surface area contributed by atoms with Gasteiger partial charge in [0.15, 0.2) is 0 Å². The predicted molar refractivity (Wildman–Crippen MR) is 335 cm³/mol. The maximum Gasteiger partial charge on any atom is 0.326 e. The second kappa shape index (κ2) is 60.8. The second-order valence-corrected chi connectivity index (χ2v) is 24.4. The molecule has 0 aromatic heterocycles. The quantitative estimate of drug-likeness (QED) is 0.0607. The number of carbonyl (C=O) groups excluding carboxylic acids is 4. The molecular formula is C70H134N2O6. The zero-order valence-corrected chi connectivity index (χ0v) is 52.9. The molecular weight excluding hydrogens is 965 g/mol. The largest absolute Gasteiger partial charge is 0.480 e. The second-order valence-electron chi connectivity index (χ2n) is 24.4. The molecule has 1 N–H and O–H groups in total. The van der Waals surface area contributed by atoms with E-state index in [0.29, 0.717) is 38.5 Å². The molecule has 0 spiro atoms. The molecule has 8 heteroatoms. The number of aliphatic carboxylic acids is 1. The summed E-state index contributed by atoms with van der Waals surface area (Å²) in [5.74, 6) is -2.12. The normalized spacial score (nSPS) is 11.8. The molecule has 0 fully saturated rings. The zero-order valence-electron chi connectivity index (χ0n) is 52.9. The lowest BCUT2D eigenvalue weighted by molar-refractivity contribution is -0.158. The Labute approximate surface area is 485 Å². The number of carboxylic acids is 1.